The van der Waals surface area contributed by atoms with Crippen molar-refractivity contribution < 1.29 is 4.79 Å². The molecule has 6 nitrogen and oxygen atoms in total. The molecule has 1 atom stereocenters. The third-order valence-electron chi connectivity index (χ3n) is 4.69. The zero-order valence-corrected chi connectivity index (χ0v) is 14.9. The van der Waals surface area contributed by atoms with Crippen molar-refractivity contribution in [2.75, 3.05) is 13.1 Å². The smallest absolute Gasteiger partial charge is 0.220 e. The zero-order chi connectivity index (χ0) is 17.6. The first-order valence-electron chi connectivity index (χ1n) is 8.86. The minimum Gasteiger partial charge on any atom is -0.334 e. The number of aromatic nitrogens is 3. The molecule has 2 aromatic rings. The molecule has 0 radical (unpaired) electrons. The van der Waals surface area contributed by atoms with E-state index in [0.717, 1.165) is 50.4 Å². The number of carbonyl (C=O) groups is 1. The highest BCUT2D eigenvalue weighted by Crippen LogP contribution is 2.30. The fourth-order valence-corrected chi connectivity index (χ4v) is 3.37. The van der Waals surface area contributed by atoms with Crippen molar-refractivity contribution in [1.29, 1.82) is 0 Å². The van der Waals surface area contributed by atoms with Crippen molar-refractivity contribution in [2.45, 2.75) is 45.8 Å². The molecular formula is C19H25N5O. The van der Waals surface area contributed by atoms with E-state index in [1.54, 1.807) is 13.1 Å². The normalized spacial score (nSPS) is 17.2. The predicted molar refractivity (Wildman–Crippen MR) is 95.4 cm³/mol. The maximum absolute atomic E-state index is 11.8. The van der Waals surface area contributed by atoms with Gasteiger partial charge in [0.25, 0.3) is 0 Å². The average Bonchev–Trinajstić information content (AvgIpc) is 3.12. The highest BCUT2D eigenvalue weighted by Gasteiger charge is 2.29. The van der Waals surface area contributed by atoms with Crippen LogP contribution >= 0.6 is 0 Å². The van der Waals surface area contributed by atoms with Crippen LogP contribution in [0.2, 0.25) is 0 Å². The van der Waals surface area contributed by atoms with Crippen LogP contribution in [0.5, 0.6) is 0 Å². The first-order valence-corrected chi connectivity index (χ1v) is 8.86. The van der Waals surface area contributed by atoms with Gasteiger partial charge in [-0.2, -0.15) is 0 Å². The second-order valence-electron chi connectivity index (χ2n) is 6.46. The summed E-state index contributed by atoms with van der Waals surface area (Å²) >= 11 is 0. The van der Waals surface area contributed by atoms with Gasteiger partial charge >= 0.3 is 0 Å². The van der Waals surface area contributed by atoms with E-state index in [1.807, 2.05) is 35.6 Å². The molecule has 0 saturated carbocycles. The number of hydrogen-bond donors (Lipinski definition) is 0. The second-order valence-corrected chi connectivity index (χ2v) is 6.46. The molecule has 0 bridgehead atoms. The first-order chi connectivity index (χ1) is 12.2. The van der Waals surface area contributed by atoms with E-state index in [-0.39, 0.29) is 11.9 Å². The molecule has 3 heterocycles. The molecule has 25 heavy (non-hydrogen) atoms. The van der Waals surface area contributed by atoms with Gasteiger partial charge in [-0.25, -0.2) is 0 Å². The standard InChI is InChI=1S/C19H25N5O/c1-3-23(13-16-6-8-20-9-7-16)14-17-11-21-12-18(22-17)19-5-4-10-24(19)15(2)25/h6-9,11-12,19H,3-5,10,13-14H2,1-2H3/t19-/m1/s1. The van der Waals surface area contributed by atoms with Gasteiger partial charge in [-0.15, -0.1) is 0 Å². The Morgan fingerprint density at radius 1 is 1.24 bits per heavy atom. The van der Waals surface area contributed by atoms with E-state index >= 15 is 0 Å². The van der Waals surface area contributed by atoms with Gasteiger partial charge in [-0.3, -0.25) is 24.6 Å². The van der Waals surface area contributed by atoms with Crippen LogP contribution in [0.25, 0.3) is 0 Å². The number of hydrogen-bond acceptors (Lipinski definition) is 5. The van der Waals surface area contributed by atoms with Gasteiger partial charge in [-0.1, -0.05) is 6.92 Å². The van der Waals surface area contributed by atoms with Crippen LogP contribution < -0.4 is 0 Å². The maximum Gasteiger partial charge on any atom is 0.220 e. The number of rotatable bonds is 6. The summed E-state index contributed by atoms with van der Waals surface area (Å²) in [5.41, 5.74) is 3.09. The molecule has 6 heteroatoms. The molecule has 1 fully saturated rings. The summed E-state index contributed by atoms with van der Waals surface area (Å²) in [5.74, 6) is 0.113. The summed E-state index contributed by atoms with van der Waals surface area (Å²) < 4.78 is 0. The van der Waals surface area contributed by atoms with Crippen LogP contribution in [0.3, 0.4) is 0 Å². The molecule has 0 unspecified atom stereocenters. The Bertz CT molecular complexity index is 706. The molecule has 0 aromatic carbocycles. The fourth-order valence-electron chi connectivity index (χ4n) is 3.37. The van der Waals surface area contributed by atoms with Gasteiger partial charge in [-0.05, 0) is 37.1 Å². The quantitative estimate of drug-likeness (QED) is 0.809. The topological polar surface area (TPSA) is 62.2 Å². The van der Waals surface area contributed by atoms with Gasteiger partial charge in [0, 0.05) is 45.1 Å². The van der Waals surface area contributed by atoms with Gasteiger partial charge in [0.2, 0.25) is 5.91 Å². The third-order valence-corrected chi connectivity index (χ3v) is 4.69. The number of nitrogens with zero attached hydrogens (tertiary/aromatic N) is 5. The number of amides is 1. The SMILES string of the molecule is CCN(Cc1ccncc1)Cc1cncc([C@H]2CCCN2C(C)=O)n1. The highest BCUT2D eigenvalue weighted by atomic mass is 16.2. The summed E-state index contributed by atoms with van der Waals surface area (Å²) in [6.07, 6.45) is 9.26. The summed E-state index contributed by atoms with van der Waals surface area (Å²) in [5, 5.41) is 0. The third kappa shape index (κ3) is 4.39. The van der Waals surface area contributed by atoms with Crippen LogP contribution in [-0.2, 0) is 17.9 Å². The Morgan fingerprint density at radius 2 is 2.04 bits per heavy atom. The minimum atomic E-state index is 0.0697. The van der Waals surface area contributed by atoms with Crippen molar-refractivity contribution >= 4 is 5.91 Å². The lowest BCUT2D eigenvalue weighted by molar-refractivity contribution is -0.129. The van der Waals surface area contributed by atoms with Crippen molar-refractivity contribution in [2.24, 2.45) is 0 Å². The Labute approximate surface area is 148 Å². The molecule has 0 aliphatic carbocycles. The molecule has 1 amide bonds. The summed E-state index contributed by atoms with van der Waals surface area (Å²) in [6.45, 7) is 7.11. The van der Waals surface area contributed by atoms with Crippen molar-refractivity contribution in [3.05, 3.63) is 53.9 Å². The van der Waals surface area contributed by atoms with Crippen LogP contribution in [-0.4, -0.2) is 43.7 Å². The Kier molecular flexibility index (Phi) is 5.71. The van der Waals surface area contributed by atoms with Crippen LogP contribution in [0.4, 0.5) is 0 Å². The lowest BCUT2D eigenvalue weighted by Gasteiger charge is -2.24. The molecular weight excluding hydrogens is 314 g/mol. The van der Waals surface area contributed by atoms with Crippen molar-refractivity contribution in [1.82, 2.24) is 24.8 Å². The van der Waals surface area contributed by atoms with E-state index in [9.17, 15) is 4.79 Å². The maximum atomic E-state index is 11.8. The predicted octanol–water partition coefficient (Wildman–Crippen LogP) is 2.58. The summed E-state index contributed by atoms with van der Waals surface area (Å²) in [7, 11) is 0. The van der Waals surface area contributed by atoms with E-state index < -0.39 is 0 Å². The largest absolute Gasteiger partial charge is 0.334 e. The first kappa shape index (κ1) is 17.5. The summed E-state index contributed by atoms with van der Waals surface area (Å²) in [6, 6.07) is 4.14. The second kappa shape index (κ2) is 8.16. The Balaban J connectivity index is 1.71. The molecule has 3 rings (SSSR count). The molecule has 0 N–H and O–H groups in total. The molecule has 132 valence electrons. The van der Waals surface area contributed by atoms with Crippen LogP contribution in [0.1, 0.15) is 49.7 Å². The van der Waals surface area contributed by atoms with E-state index in [0.29, 0.717) is 0 Å². The number of carbonyl (C=O) groups excluding carboxylic acids is 1. The van der Waals surface area contributed by atoms with Gasteiger partial charge in [0.15, 0.2) is 0 Å². The van der Waals surface area contributed by atoms with Gasteiger partial charge in [0.1, 0.15) is 0 Å². The van der Waals surface area contributed by atoms with E-state index in [4.69, 9.17) is 4.98 Å². The van der Waals surface area contributed by atoms with Crippen molar-refractivity contribution in [3.63, 3.8) is 0 Å². The minimum absolute atomic E-state index is 0.0697. The van der Waals surface area contributed by atoms with E-state index in [2.05, 4.69) is 21.8 Å². The van der Waals surface area contributed by atoms with Crippen LogP contribution in [0, 0.1) is 0 Å². The number of pyridine rings is 1. The fraction of sp³-hybridized carbons (Fsp3) is 0.474. The van der Waals surface area contributed by atoms with Crippen molar-refractivity contribution in [3.8, 4) is 0 Å². The monoisotopic (exact) mass is 339 g/mol. The van der Waals surface area contributed by atoms with E-state index in [1.165, 1.54) is 5.56 Å². The molecule has 0 spiro atoms. The lowest BCUT2D eigenvalue weighted by Crippen LogP contribution is -2.29. The molecule has 2 aromatic heterocycles. The molecule has 1 saturated heterocycles. The van der Waals surface area contributed by atoms with Crippen LogP contribution in [0.15, 0.2) is 36.9 Å². The Morgan fingerprint density at radius 3 is 2.76 bits per heavy atom. The number of likely N-dealkylation sites (tertiary alicyclic amines) is 1. The molecule has 1 aliphatic heterocycles. The lowest BCUT2D eigenvalue weighted by atomic mass is 10.1. The van der Waals surface area contributed by atoms with Gasteiger partial charge < -0.3 is 4.90 Å². The Hall–Kier alpha value is -2.34. The highest BCUT2D eigenvalue weighted by molar-refractivity contribution is 5.74. The zero-order valence-electron chi connectivity index (χ0n) is 14.9. The van der Waals surface area contributed by atoms with Gasteiger partial charge in [0.05, 0.1) is 23.6 Å². The average molecular weight is 339 g/mol. The summed E-state index contributed by atoms with van der Waals surface area (Å²) in [4.78, 5) is 29.3. The molecule has 1 aliphatic rings.